The predicted octanol–water partition coefficient (Wildman–Crippen LogP) is 0.427. The van der Waals surface area contributed by atoms with Gasteiger partial charge in [0.1, 0.15) is 6.04 Å². The molecule has 90 valence electrons. The number of ether oxygens (including phenoxy) is 1. The Kier molecular flexibility index (Phi) is 4.21. The van der Waals surface area contributed by atoms with Gasteiger partial charge in [-0.05, 0) is 19.1 Å². The Hall–Kier alpha value is -2.37. The lowest BCUT2D eigenvalue weighted by atomic mass is 10.2. The molecule has 0 aromatic heterocycles. The van der Waals surface area contributed by atoms with Crippen LogP contribution in [-0.4, -0.2) is 24.0 Å². The third kappa shape index (κ3) is 3.94. The number of primary amides is 1. The van der Waals surface area contributed by atoms with E-state index < -0.39 is 24.0 Å². The minimum atomic E-state index is -1.01. The number of nitrogens with two attached hydrogens (primary N) is 1. The van der Waals surface area contributed by atoms with Gasteiger partial charge in [0, 0.05) is 0 Å². The molecule has 1 aromatic carbocycles. The fourth-order valence-electron chi connectivity index (χ4n) is 0.995. The van der Waals surface area contributed by atoms with Crippen molar-refractivity contribution in [2.24, 2.45) is 5.73 Å². The SMILES string of the molecule is C[C@H](NC(=O)OC(=O)c1ccccc1)C(N)=O. The lowest BCUT2D eigenvalue weighted by molar-refractivity contribution is -0.119. The van der Waals surface area contributed by atoms with Crippen molar-refractivity contribution in [2.75, 3.05) is 0 Å². The molecule has 0 saturated carbocycles. The summed E-state index contributed by atoms with van der Waals surface area (Å²) in [6, 6.07) is 7.12. The van der Waals surface area contributed by atoms with E-state index in [0.29, 0.717) is 0 Å². The van der Waals surface area contributed by atoms with Gasteiger partial charge in [-0.15, -0.1) is 0 Å². The van der Waals surface area contributed by atoms with Gasteiger partial charge in [-0.1, -0.05) is 18.2 Å². The fourth-order valence-corrected chi connectivity index (χ4v) is 0.995. The van der Waals surface area contributed by atoms with Crippen LogP contribution in [-0.2, 0) is 9.53 Å². The average Bonchev–Trinajstić information content (AvgIpc) is 2.29. The zero-order chi connectivity index (χ0) is 12.8. The van der Waals surface area contributed by atoms with E-state index >= 15 is 0 Å². The maximum absolute atomic E-state index is 11.4. The molecule has 0 heterocycles. The molecule has 0 spiro atoms. The second kappa shape index (κ2) is 5.64. The highest BCUT2D eigenvalue weighted by Gasteiger charge is 2.16. The first-order valence-corrected chi connectivity index (χ1v) is 4.87. The number of hydrogen-bond acceptors (Lipinski definition) is 4. The standard InChI is InChI=1S/C11H12N2O4/c1-7(9(12)14)13-11(16)17-10(15)8-5-3-2-4-6-8/h2-7H,1H3,(H2,12,14)(H,13,16)/t7-/m0/s1. The highest BCUT2D eigenvalue weighted by Crippen LogP contribution is 2.01. The zero-order valence-corrected chi connectivity index (χ0v) is 9.17. The van der Waals surface area contributed by atoms with E-state index in [-0.39, 0.29) is 5.56 Å². The van der Waals surface area contributed by atoms with Gasteiger partial charge in [0.25, 0.3) is 0 Å². The Morgan fingerprint density at radius 3 is 2.35 bits per heavy atom. The van der Waals surface area contributed by atoms with Crippen LogP contribution >= 0.6 is 0 Å². The number of benzene rings is 1. The third-order valence-corrected chi connectivity index (χ3v) is 1.96. The second-order valence-electron chi connectivity index (χ2n) is 3.31. The van der Waals surface area contributed by atoms with Crippen LogP contribution in [0.5, 0.6) is 0 Å². The molecular weight excluding hydrogens is 224 g/mol. The highest BCUT2D eigenvalue weighted by molar-refractivity contribution is 5.97. The van der Waals surface area contributed by atoms with Gasteiger partial charge < -0.3 is 15.8 Å². The highest BCUT2D eigenvalue weighted by atomic mass is 16.6. The number of alkyl carbamates (subject to hydrolysis) is 1. The fraction of sp³-hybridized carbons (Fsp3) is 0.182. The van der Waals surface area contributed by atoms with Crippen molar-refractivity contribution in [3.05, 3.63) is 35.9 Å². The smallest absolute Gasteiger partial charge is 0.373 e. The summed E-state index contributed by atoms with van der Waals surface area (Å²) in [7, 11) is 0. The van der Waals surface area contributed by atoms with Crippen LogP contribution in [0, 0.1) is 0 Å². The molecule has 2 amide bonds. The number of carbonyl (C=O) groups is 3. The summed E-state index contributed by atoms with van der Waals surface area (Å²) in [4.78, 5) is 33.2. The van der Waals surface area contributed by atoms with Crippen molar-refractivity contribution in [2.45, 2.75) is 13.0 Å². The van der Waals surface area contributed by atoms with Crippen LogP contribution in [0.15, 0.2) is 30.3 Å². The topological polar surface area (TPSA) is 98.5 Å². The van der Waals surface area contributed by atoms with Crippen LogP contribution in [0.1, 0.15) is 17.3 Å². The van der Waals surface area contributed by atoms with E-state index in [1.165, 1.54) is 19.1 Å². The third-order valence-electron chi connectivity index (χ3n) is 1.96. The maximum atomic E-state index is 11.4. The summed E-state index contributed by atoms with van der Waals surface area (Å²) in [6.07, 6.45) is -1.01. The molecule has 6 heteroatoms. The van der Waals surface area contributed by atoms with Crippen LogP contribution in [0.25, 0.3) is 0 Å². The van der Waals surface area contributed by atoms with Gasteiger partial charge in [-0.25, -0.2) is 9.59 Å². The van der Waals surface area contributed by atoms with E-state index in [0.717, 1.165) is 0 Å². The average molecular weight is 236 g/mol. The first-order valence-electron chi connectivity index (χ1n) is 4.87. The molecule has 1 rings (SSSR count). The summed E-state index contributed by atoms with van der Waals surface area (Å²) >= 11 is 0. The van der Waals surface area contributed by atoms with E-state index in [1.54, 1.807) is 18.2 Å². The summed E-state index contributed by atoms with van der Waals surface area (Å²) < 4.78 is 4.46. The second-order valence-corrected chi connectivity index (χ2v) is 3.31. The monoisotopic (exact) mass is 236 g/mol. The number of amides is 2. The summed E-state index contributed by atoms with van der Waals surface area (Å²) in [5, 5.41) is 2.12. The molecule has 3 N–H and O–H groups in total. The summed E-state index contributed by atoms with van der Waals surface area (Å²) in [5.74, 6) is -1.51. The molecular formula is C11H12N2O4. The molecule has 0 aliphatic heterocycles. The molecule has 1 atom stereocenters. The van der Waals surface area contributed by atoms with Crippen molar-refractivity contribution in [1.29, 1.82) is 0 Å². The van der Waals surface area contributed by atoms with Crippen molar-refractivity contribution in [3.63, 3.8) is 0 Å². The Morgan fingerprint density at radius 1 is 1.24 bits per heavy atom. The first kappa shape index (κ1) is 12.7. The van der Waals surface area contributed by atoms with E-state index in [4.69, 9.17) is 5.73 Å². The van der Waals surface area contributed by atoms with Crippen LogP contribution in [0.3, 0.4) is 0 Å². The Bertz CT molecular complexity index is 430. The Morgan fingerprint density at radius 2 is 1.82 bits per heavy atom. The van der Waals surface area contributed by atoms with Crippen molar-refractivity contribution >= 4 is 18.0 Å². The van der Waals surface area contributed by atoms with Gasteiger partial charge in [0.05, 0.1) is 5.56 Å². The van der Waals surface area contributed by atoms with Crippen LogP contribution in [0.2, 0.25) is 0 Å². The maximum Gasteiger partial charge on any atom is 0.415 e. The molecule has 0 saturated heterocycles. The van der Waals surface area contributed by atoms with Crippen molar-refractivity contribution in [1.82, 2.24) is 5.32 Å². The van der Waals surface area contributed by atoms with Crippen molar-refractivity contribution < 1.29 is 19.1 Å². The van der Waals surface area contributed by atoms with E-state index in [2.05, 4.69) is 10.1 Å². The lowest BCUT2D eigenvalue weighted by Gasteiger charge is -2.09. The minimum Gasteiger partial charge on any atom is -0.373 e. The number of rotatable bonds is 3. The molecule has 0 fully saturated rings. The lowest BCUT2D eigenvalue weighted by Crippen LogP contribution is -2.43. The molecule has 0 bridgehead atoms. The number of nitrogens with one attached hydrogen (secondary N) is 1. The summed E-state index contributed by atoms with van der Waals surface area (Å²) in [5.41, 5.74) is 5.18. The normalized spacial score (nSPS) is 11.4. The van der Waals surface area contributed by atoms with Gasteiger partial charge in [0.15, 0.2) is 0 Å². The Balaban J connectivity index is 2.53. The van der Waals surface area contributed by atoms with Crippen LogP contribution < -0.4 is 11.1 Å². The zero-order valence-electron chi connectivity index (χ0n) is 9.17. The molecule has 1 aromatic rings. The predicted molar refractivity (Wildman–Crippen MR) is 59.0 cm³/mol. The quantitative estimate of drug-likeness (QED) is 0.587. The molecule has 17 heavy (non-hydrogen) atoms. The van der Waals surface area contributed by atoms with Gasteiger partial charge in [-0.2, -0.15) is 0 Å². The molecule has 6 nitrogen and oxygen atoms in total. The molecule has 0 aliphatic rings. The molecule has 0 unspecified atom stereocenters. The number of esters is 1. The van der Waals surface area contributed by atoms with Gasteiger partial charge in [0.2, 0.25) is 5.91 Å². The number of hydrogen-bond donors (Lipinski definition) is 2. The van der Waals surface area contributed by atoms with Gasteiger partial charge >= 0.3 is 12.1 Å². The largest absolute Gasteiger partial charge is 0.415 e. The minimum absolute atomic E-state index is 0.245. The van der Waals surface area contributed by atoms with E-state index in [1.807, 2.05) is 0 Å². The number of carbonyl (C=O) groups excluding carboxylic acids is 3. The first-order chi connectivity index (χ1) is 8.00. The Labute approximate surface area is 97.7 Å². The molecule has 0 radical (unpaired) electrons. The van der Waals surface area contributed by atoms with E-state index in [9.17, 15) is 14.4 Å². The van der Waals surface area contributed by atoms with Gasteiger partial charge in [-0.3, -0.25) is 4.79 Å². The van der Waals surface area contributed by atoms with Crippen LogP contribution in [0.4, 0.5) is 4.79 Å². The molecule has 0 aliphatic carbocycles. The summed E-state index contributed by atoms with van der Waals surface area (Å²) in [6.45, 7) is 1.39. The van der Waals surface area contributed by atoms with Crippen molar-refractivity contribution in [3.8, 4) is 0 Å².